The second-order valence-corrected chi connectivity index (χ2v) is 15.7. The zero-order valence-corrected chi connectivity index (χ0v) is 29.3. The van der Waals surface area contributed by atoms with Crippen LogP contribution in [0.15, 0.2) is 64.5 Å². The fraction of sp³-hybridized carbons (Fsp3) is 0.575. The number of ketones is 3. The average molecular weight is 599 g/mol. The van der Waals surface area contributed by atoms with Crippen molar-refractivity contribution in [3.63, 3.8) is 0 Å². The zero-order valence-electron chi connectivity index (χ0n) is 29.3. The van der Waals surface area contributed by atoms with E-state index < -0.39 is 21.8 Å². The predicted molar refractivity (Wildman–Crippen MR) is 179 cm³/mol. The van der Waals surface area contributed by atoms with Crippen LogP contribution < -0.4 is 0 Å². The van der Waals surface area contributed by atoms with Crippen LogP contribution in [0, 0.1) is 41.9 Å². The van der Waals surface area contributed by atoms with Gasteiger partial charge in [0.2, 0.25) is 0 Å². The summed E-state index contributed by atoms with van der Waals surface area (Å²) in [5.74, 6) is -0.313. The van der Waals surface area contributed by atoms with Gasteiger partial charge in [0.1, 0.15) is 22.3 Å². The molecule has 1 aliphatic heterocycles. The molecule has 4 atom stereocenters. The first-order valence-corrected chi connectivity index (χ1v) is 16.4. The fourth-order valence-electron chi connectivity index (χ4n) is 7.94. The van der Waals surface area contributed by atoms with Crippen LogP contribution in [0.2, 0.25) is 0 Å². The maximum absolute atomic E-state index is 15.4. The number of hydrogen-bond acceptors (Lipinski definition) is 4. The summed E-state index contributed by atoms with van der Waals surface area (Å²) in [6.45, 7) is 24.6. The van der Waals surface area contributed by atoms with E-state index in [0.29, 0.717) is 24.2 Å². The number of benzene rings is 1. The van der Waals surface area contributed by atoms with Crippen molar-refractivity contribution in [2.75, 3.05) is 0 Å². The molecule has 1 aromatic carbocycles. The van der Waals surface area contributed by atoms with Gasteiger partial charge in [0.15, 0.2) is 17.3 Å². The normalized spacial score (nSPS) is 28.5. The first-order valence-electron chi connectivity index (χ1n) is 16.4. The number of carbonyl (C=O) groups excluding carboxylic acids is 3. The van der Waals surface area contributed by atoms with Crippen LogP contribution in [0.4, 0.5) is 0 Å². The number of aryl methyl sites for hydroxylation is 2. The molecule has 44 heavy (non-hydrogen) atoms. The maximum Gasteiger partial charge on any atom is 0.200 e. The third-order valence-corrected chi connectivity index (χ3v) is 11.2. The molecule has 4 rings (SSSR count). The number of fused-ring (bicyclic) bond motifs is 1. The van der Waals surface area contributed by atoms with Crippen molar-refractivity contribution in [3.8, 4) is 0 Å². The van der Waals surface area contributed by atoms with Gasteiger partial charge in [-0.05, 0) is 130 Å². The second kappa shape index (κ2) is 11.7. The summed E-state index contributed by atoms with van der Waals surface area (Å²) in [5.41, 5.74) is 2.36. The molecule has 0 amide bonds. The van der Waals surface area contributed by atoms with Crippen molar-refractivity contribution in [3.05, 3.63) is 81.2 Å². The Morgan fingerprint density at radius 3 is 1.91 bits per heavy atom. The van der Waals surface area contributed by atoms with Crippen LogP contribution in [0.3, 0.4) is 0 Å². The third-order valence-electron chi connectivity index (χ3n) is 11.2. The van der Waals surface area contributed by atoms with Crippen LogP contribution in [0.25, 0.3) is 0 Å². The summed E-state index contributed by atoms with van der Waals surface area (Å²) in [6.07, 6.45) is 9.45. The van der Waals surface area contributed by atoms with Crippen molar-refractivity contribution in [2.24, 2.45) is 28.1 Å². The monoisotopic (exact) mass is 598 g/mol. The van der Waals surface area contributed by atoms with Gasteiger partial charge in [-0.25, -0.2) is 0 Å². The summed E-state index contributed by atoms with van der Waals surface area (Å²) < 4.78 is 6.92. The Labute approximate surface area is 266 Å². The highest BCUT2D eigenvalue weighted by molar-refractivity contribution is 6.35. The summed E-state index contributed by atoms with van der Waals surface area (Å²) in [5, 5.41) is 0. The van der Waals surface area contributed by atoms with E-state index in [1.165, 1.54) is 11.1 Å². The minimum Gasteiger partial charge on any atom is -0.490 e. The standard InChI is InChI=1S/C40H54O4/c1-24(2)13-17-30-22-39-23-31(18-14-25(3)4)38(11,12)44-35(39)32(33(41)29-16-15-27(7)28(8)21-29)34(42)40(36(39)43,37(30,9)10)20-19-26(5)6/h13-16,19,21,30-31H,17-18,20,22-23H2,1-12H3. The molecule has 4 unspecified atom stereocenters. The lowest BCUT2D eigenvalue weighted by molar-refractivity contribution is -0.188. The van der Waals surface area contributed by atoms with Gasteiger partial charge in [0, 0.05) is 11.5 Å². The quantitative estimate of drug-likeness (QED) is 0.129. The number of ether oxygens (including phenoxy) is 1. The lowest BCUT2D eigenvalue weighted by Crippen LogP contribution is -2.69. The van der Waals surface area contributed by atoms with Gasteiger partial charge in [0.25, 0.3) is 0 Å². The third kappa shape index (κ3) is 5.41. The van der Waals surface area contributed by atoms with E-state index in [4.69, 9.17) is 4.74 Å². The molecule has 1 saturated heterocycles. The molecule has 2 aliphatic carbocycles. The summed E-state index contributed by atoms with van der Waals surface area (Å²) in [4.78, 5) is 45.3. The Bertz CT molecular complexity index is 1490. The first-order chi connectivity index (χ1) is 20.3. The molecule has 0 aromatic heterocycles. The molecule has 1 heterocycles. The van der Waals surface area contributed by atoms with Crippen molar-refractivity contribution < 1.29 is 19.1 Å². The van der Waals surface area contributed by atoms with Crippen LogP contribution in [-0.4, -0.2) is 23.0 Å². The van der Waals surface area contributed by atoms with Gasteiger partial charge in [-0.3, -0.25) is 14.4 Å². The number of allylic oxidation sites excluding steroid dienone is 8. The van der Waals surface area contributed by atoms with Crippen LogP contribution in [-0.2, 0) is 14.3 Å². The summed E-state index contributed by atoms with van der Waals surface area (Å²) >= 11 is 0. The smallest absolute Gasteiger partial charge is 0.200 e. The van der Waals surface area contributed by atoms with E-state index in [9.17, 15) is 4.79 Å². The van der Waals surface area contributed by atoms with Crippen molar-refractivity contribution in [2.45, 2.75) is 121 Å². The average Bonchev–Trinajstić information content (AvgIpc) is 2.91. The number of hydrogen-bond donors (Lipinski definition) is 0. The molecule has 1 aromatic rings. The van der Waals surface area contributed by atoms with Crippen molar-refractivity contribution >= 4 is 17.3 Å². The number of carbonyl (C=O) groups is 3. The molecule has 4 heteroatoms. The topological polar surface area (TPSA) is 60.4 Å². The van der Waals surface area contributed by atoms with Crippen molar-refractivity contribution in [1.82, 2.24) is 0 Å². The highest BCUT2D eigenvalue weighted by atomic mass is 16.5. The van der Waals surface area contributed by atoms with Crippen molar-refractivity contribution in [1.29, 1.82) is 0 Å². The van der Waals surface area contributed by atoms with Gasteiger partial charge in [-0.15, -0.1) is 0 Å². The van der Waals surface area contributed by atoms with E-state index in [1.807, 2.05) is 65.8 Å². The number of Topliss-reactive ketones (excluding diaryl/α,β-unsaturated/α-hetero) is 3. The Balaban J connectivity index is 2.10. The predicted octanol–water partition coefficient (Wildman–Crippen LogP) is 9.79. The minimum absolute atomic E-state index is 0.0442. The SMILES string of the molecule is CC(C)=CCC1CC23CC(CC=C(C)C)C(C)(C)C(CC=C(C)C)(C(=O)C(C(=O)c4ccc(C)c(C)c4)=C2OC1(C)C)C3=O. The van der Waals surface area contributed by atoms with Gasteiger partial charge >= 0.3 is 0 Å². The molecule has 2 fully saturated rings. The lowest BCUT2D eigenvalue weighted by Gasteiger charge is -2.64. The van der Waals surface area contributed by atoms with Gasteiger partial charge < -0.3 is 4.74 Å². The molecule has 1 spiro atoms. The molecule has 0 N–H and O–H groups in total. The Kier molecular flexibility index (Phi) is 9.03. The lowest BCUT2D eigenvalue weighted by atomic mass is 9.39. The summed E-state index contributed by atoms with van der Waals surface area (Å²) in [7, 11) is 0. The molecule has 238 valence electrons. The highest BCUT2D eigenvalue weighted by Gasteiger charge is 2.74. The molecule has 4 nitrogen and oxygen atoms in total. The molecule has 2 bridgehead atoms. The Morgan fingerprint density at radius 1 is 0.818 bits per heavy atom. The minimum atomic E-state index is -1.37. The number of rotatable bonds is 8. The van der Waals surface area contributed by atoms with Gasteiger partial charge in [-0.2, -0.15) is 0 Å². The van der Waals surface area contributed by atoms with Crippen LogP contribution >= 0.6 is 0 Å². The van der Waals surface area contributed by atoms with Gasteiger partial charge in [-0.1, -0.05) is 60.9 Å². The molecular weight excluding hydrogens is 544 g/mol. The Hall–Kier alpha value is -3.01. The van der Waals surface area contributed by atoms with E-state index in [2.05, 4.69) is 53.7 Å². The second-order valence-electron chi connectivity index (χ2n) is 15.7. The van der Waals surface area contributed by atoms with Crippen LogP contribution in [0.5, 0.6) is 0 Å². The van der Waals surface area contributed by atoms with Gasteiger partial charge in [0.05, 0.1) is 5.41 Å². The van der Waals surface area contributed by atoms with E-state index in [0.717, 1.165) is 29.5 Å². The molecule has 3 aliphatic rings. The molecular formula is C40H54O4. The summed E-state index contributed by atoms with van der Waals surface area (Å²) in [6, 6.07) is 5.61. The Morgan fingerprint density at radius 2 is 1.36 bits per heavy atom. The highest BCUT2D eigenvalue weighted by Crippen LogP contribution is 2.69. The molecule has 0 radical (unpaired) electrons. The fourth-order valence-corrected chi connectivity index (χ4v) is 7.94. The maximum atomic E-state index is 15.4. The first kappa shape index (κ1) is 33.9. The zero-order chi connectivity index (χ0) is 33.0. The molecule has 1 saturated carbocycles. The van der Waals surface area contributed by atoms with E-state index >= 15 is 9.59 Å². The van der Waals surface area contributed by atoms with E-state index in [-0.39, 0.29) is 41.2 Å². The van der Waals surface area contributed by atoms with E-state index in [1.54, 1.807) is 0 Å². The largest absolute Gasteiger partial charge is 0.490 e. The van der Waals surface area contributed by atoms with Crippen LogP contribution in [0.1, 0.15) is 123 Å².